The van der Waals surface area contributed by atoms with Crippen molar-refractivity contribution in [3.05, 3.63) is 11.9 Å². The van der Waals surface area contributed by atoms with Gasteiger partial charge in [-0.3, -0.25) is 4.68 Å². The van der Waals surface area contributed by atoms with Gasteiger partial charge in [0.25, 0.3) is 0 Å². The van der Waals surface area contributed by atoms with E-state index in [1.165, 1.54) is 0 Å². The highest BCUT2D eigenvalue weighted by Crippen LogP contribution is 2.46. The van der Waals surface area contributed by atoms with Gasteiger partial charge in [0.2, 0.25) is 0 Å². The van der Waals surface area contributed by atoms with Gasteiger partial charge >= 0.3 is 0 Å². The van der Waals surface area contributed by atoms with Gasteiger partial charge in [0, 0.05) is 12.0 Å². The number of fused-ring (bicyclic) bond motifs is 2. The predicted molar refractivity (Wildman–Crippen MR) is 70.1 cm³/mol. The summed E-state index contributed by atoms with van der Waals surface area (Å²) in [6.07, 6.45) is 4.80. The van der Waals surface area contributed by atoms with Crippen LogP contribution in [0.3, 0.4) is 0 Å². The summed E-state index contributed by atoms with van der Waals surface area (Å²) in [5.41, 5.74) is 0.790. The van der Waals surface area contributed by atoms with E-state index in [0.29, 0.717) is 11.9 Å². The maximum absolute atomic E-state index is 10.8. The monoisotopic (exact) mass is 266 g/mol. The molecule has 2 aliphatic heterocycles. The quantitative estimate of drug-likeness (QED) is 0.906. The van der Waals surface area contributed by atoms with Gasteiger partial charge in [-0.2, -0.15) is 5.10 Å². The van der Waals surface area contributed by atoms with Crippen LogP contribution in [0.2, 0.25) is 0 Å². The van der Waals surface area contributed by atoms with Crippen molar-refractivity contribution in [1.82, 2.24) is 9.78 Å². The van der Waals surface area contributed by atoms with Crippen molar-refractivity contribution in [2.45, 2.75) is 57.5 Å². The van der Waals surface area contributed by atoms with E-state index >= 15 is 0 Å². The van der Waals surface area contributed by atoms with Crippen molar-refractivity contribution in [3.63, 3.8) is 0 Å². The Morgan fingerprint density at radius 3 is 2.79 bits per heavy atom. The van der Waals surface area contributed by atoms with Gasteiger partial charge in [0.1, 0.15) is 11.8 Å². The van der Waals surface area contributed by atoms with Crippen molar-refractivity contribution in [3.8, 4) is 5.75 Å². The standard InChI is InChI=1S/C14H22N2O3/c1-8(2)16-13(12(18-3)7-15-16)14(17)10-6-9-4-5-11(10)19-9/h7-11,14,17H,4-6H2,1-3H3. The molecule has 5 heteroatoms. The molecule has 5 nitrogen and oxygen atoms in total. The Hall–Kier alpha value is -1.07. The lowest BCUT2D eigenvalue weighted by molar-refractivity contribution is 0.0362. The fraction of sp³-hybridized carbons (Fsp3) is 0.786. The molecule has 0 radical (unpaired) electrons. The van der Waals surface area contributed by atoms with Crippen LogP contribution in [-0.2, 0) is 4.74 Å². The minimum Gasteiger partial charge on any atom is -0.493 e. The Balaban J connectivity index is 1.90. The lowest BCUT2D eigenvalue weighted by Crippen LogP contribution is -2.26. The van der Waals surface area contributed by atoms with E-state index in [9.17, 15) is 5.11 Å². The van der Waals surface area contributed by atoms with E-state index in [-0.39, 0.29) is 18.1 Å². The molecule has 3 heterocycles. The maximum Gasteiger partial charge on any atom is 0.162 e. The zero-order valence-electron chi connectivity index (χ0n) is 11.7. The third kappa shape index (κ3) is 2.05. The normalized spacial score (nSPS) is 31.1. The van der Waals surface area contributed by atoms with Crippen molar-refractivity contribution in [1.29, 1.82) is 0 Å². The number of aliphatic hydroxyl groups excluding tert-OH is 1. The molecule has 4 unspecified atom stereocenters. The highest BCUT2D eigenvalue weighted by Gasteiger charge is 2.45. The molecule has 4 atom stereocenters. The zero-order valence-corrected chi connectivity index (χ0v) is 11.7. The van der Waals surface area contributed by atoms with Gasteiger partial charge < -0.3 is 14.6 Å². The molecular weight excluding hydrogens is 244 g/mol. The van der Waals surface area contributed by atoms with E-state index in [1.807, 2.05) is 4.68 Å². The molecule has 0 saturated carbocycles. The average molecular weight is 266 g/mol. The SMILES string of the molecule is COc1cnn(C(C)C)c1C(O)C1CC2CCC1O2. The number of hydrogen-bond acceptors (Lipinski definition) is 4. The largest absolute Gasteiger partial charge is 0.493 e. The molecule has 0 amide bonds. The number of aliphatic hydroxyl groups is 1. The number of ether oxygens (including phenoxy) is 2. The van der Waals surface area contributed by atoms with Crippen LogP contribution < -0.4 is 4.74 Å². The van der Waals surface area contributed by atoms with Crippen LogP contribution in [0, 0.1) is 5.92 Å². The first-order valence-corrected chi connectivity index (χ1v) is 7.06. The Morgan fingerprint density at radius 2 is 2.26 bits per heavy atom. The van der Waals surface area contributed by atoms with Crippen LogP contribution in [0.5, 0.6) is 5.75 Å². The first-order chi connectivity index (χ1) is 9.11. The number of hydrogen-bond donors (Lipinski definition) is 1. The molecule has 2 aliphatic rings. The van der Waals surface area contributed by atoms with Gasteiger partial charge in [-0.25, -0.2) is 0 Å². The van der Waals surface area contributed by atoms with Crippen molar-refractivity contribution in [2.75, 3.05) is 7.11 Å². The number of nitrogens with zero attached hydrogens (tertiary/aromatic N) is 2. The molecule has 0 aliphatic carbocycles. The average Bonchev–Trinajstić information content (AvgIpc) is 3.11. The highest BCUT2D eigenvalue weighted by molar-refractivity contribution is 5.28. The number of methoxy groups -OCH3 is 1. The minimum absolute atomic E-state index is 0.168. The lowest BCUT2D eigenvalue weighted by Gasteiger charge is -2.26. The Kier molecular flexibility index (Phi) is 3.27. The van der Waals surface area contributed by atoms with Gasteiger partial charge in [-0.05, 0) is 33.1 Å². The second kappa shape index (κ2) is 4.80. The Morgan fingerprint density at radius 1 is 1.47 bits per heavy atom. The first kappa shape index (κ1) is 12.9. The summed E-state index contributed by atoms with van der Waals surface area (Å²) in [6, 6.07) is 0.202. The third-order valence-corrected chi connectivity index (χ3v) is 4.35. The van der Waals surface area contributed by atoms with E-state index in [4.69, 9.17) is 9.47 Å². The van der Waals surface area contributed by atoms with Crippen molar-refractivity contribution in [2.24, 2.45) is 5.92 Å². The zero-order chi connectivity index (χ0) is 13.6. The van der Waals surface area contributed by atoms with Gasteiger partial charge in [-0.15, -0.1) is 0 Å². The predicted octanol–water partition coefficient (Wildman–Crippen LogP) is 2.07. The van der Waals surface area contributed by atoms with Crippen LogP contribution in [0.15, 0.2) is 6.20 Å². The summed E-state index contributed by atoms with van der Waals surface area (Å²) < 4.78 is 13.1. The van der Waals surface area contributed by atoms with Crippen LogP contribution >= 0.6 is 0 Å². The summed E-state index contributed by atoms with van der Waals surface area (Å²) in [5, 5.41) is 15.1. The molecule has 2 bridgehead atoms. The van der Waals surface area contributed by atoms with E-state index in [1.54, 1.807) is 13.3 Å². The minimum atomic E-state index is -0.560. The van der Waals surface area contributed by atoms with Gasteiger partial charge in [0.15, 0.2) is 5.75 Å². The lowest BCUT2D eigenvalue weighted by atomic mass is 9.84. The van der Waals surface area contributed by atoms with E-state index < -0.39 is 6.10 Å². The van der Waals surface area contributed by atoms with Gasteiger partial charge in [0.05, 0.1) is 25.5 Å². The molecule has 106 valence electrons. The highest BCUT2D eigenvalue weighted by atomic mass is 16.5. The summed E-state index contributed by atoms with van der Waals surface area (Å²) in [4.78, 5) is 0. The first-order valence-electron chi connectivity index (χ1n) is 7.06. The Labute approximate surface area is 113 Å². The summed E-state index contributed by atoms with van der Waals surface area (Å²) >= 11 is 0. The molecule has 1 aromatic rings. The van der Waals surface area contributed by atoms with Crippen molar-refractivity contribution < 1.29 is 14.6 Å². The number of aromatic nitrogens is 2. The molecule has 3 rings (SSSR count). The van der Waals surface area contributed by atoms with Crippen molar-refractivity contribution >= 4 is 0 Å². The smallest absolute Gasteiger partial charge is 0.162 e. The molecule has 2 saturated heterocycles. The summed E-state index contributed by atoms with van der Waals surface area (Å²) in [7, 11) is 1.62. The van der Waals surface area contributed by atoms with Gasteiger partial charge in [-0.1, -0.05) is 0 Å². The molecule has 1 aromatic heterocycles. The summed E-state index contributed by atoms with van der Waals surface area (Å²) in [6.45, 7) is 4.11. The molecule has 0 aromatic carbocycles. The fourth-order valence-corrected chi connectivity index (χ4v) is 3.42. The third-order valence-electron chi connectivity index (χ3n) is 4.35. The molecule has 1 N–H and O–H groups in total. The molecule has 19 heavy (non-hydrogen) atoms. The summed E-state index contributed by atoms with van der Waals surface area (Å²) in [5.74, 6) is 0.839. The molecule has 2 fully saturated rings. The second-order valence-corrected chi connectivity index (χ2v) is 5.85. The van der Waals surface area contributed by atoms with E-state index in [0.717, 1.165) is 25.0 Å². The van der Waals surface area contributed by atoms with Crippen LogP contribution in [0.25, 0.3) is 0 Å². The Bertz CT molecular complexity index is 458. The van der Waals surface area contributed by atoms with E-state index in [2.05, 4.69) is 18.9 Å². The fourth-order valence-electron chi connectivity index (χ4n) is 3.42. The van der Waals surface area contributed by atoms with Crippen LogP contribution in [0.4, 0.5) is 0 Å². The second-order valence-electron chi connectivity index (χ2n) is 5.85. The number of rotatable bonds is 4. The van der Waals surface area contributed by atoms with Crippen LogP contribution in [-0.4, -0.2) is 34.2 Å². The molecule has 0 spiro atoms. The topological polar surface area (TPSA) is 56.5 Å². The molecular formula is C14H22N2O3. The van der Waals surface area contributed by atoms with Crippen LogP contribution in [0.1, 0.15) is 50.9 Å². The maximum atomic E-state index is 10.8.